The summed E-state index contributed by atoms with van der Waals surface area (Å²) in [6, 6.07) is 7.62. The van der Waals surface area contributed by atoms with Crippen LogP contribution in [0.15, 0.2) is 24.3 Å². The van der Waals surface area contributed by atoms with Crippen molar-refractivity contribution in [1.29, 1.82) is 0 Å². The Morgan fingerprint density at radius 2 is 1.94 bits per heavy atom. The number of esters is 1. The third kappa shape index (κ3) is 2.83. The van der Waals surface area contributed by atoms with Gasteiger partial charge >= 0.3 is 5.97 Å². The molecule has 1 N–H and O–H groups in total. The normalized spacial score (nSPS) is 14.2. The van der Waals surface area contributed by atoms with Gasteiger partial charge in [-0.3, -0.25) is 4.79 Å². The summed E-state index contributed by atoms with van der Waals surface area (Å²) in [5.74, 6) is -0.940. The third-order valence-electron chi connectivity index (χ3n) is 2.78. The largest absolute Gasteiger partial charge is 0.469 e. The Hall–Kier alpha value is -1.35. The number of rotatable bonds is 4. The fraction of sp³-hybridized carbons (Fsp3) is 0.462. The molecule has 0 fully saturated rings. The molecular formula is C13H18O3. The molecule has 0 aromatic heterocycles. The number of aliphatic hydroxyl groups is 1. The number of carbonyl (C=O) groups is 1. The van der Waals surface area contributed by atoms with Gasteiger partial charge in [-0.1, -0.05) is 31.2 Å². The van der Waals surface area contributed by atoms with E-state index >= 15 is 0 Å². The van der Waals surface area contributed by atoms with Crippen LogP contribution in [0.25, 0.3) is 0 Å². The van der Waals surface area contributed by atoms with E-state index in [0.717, 1.165) is 12.0 Å². The fourth-order valence-electron chi connectivity index (χ4n) is 1.55. The topological polar surface area (TPSA) is 46.5 Å². The lowest BCUT2D eigenvalue weighted by Gasteiger charge is -2.17. The van der Waals surface area contributed by atoms with Gasteiger partial charge in [0, 0.05) is 0 Å². The van der Waals surface area contributed by atoms with Crippen LogP contribution in [0.2, 0.25) is 0 Å². The third-order valence-corrected chi connectivity index (χ3v) is 2.78. The van der Waals surface area contributed by atoms with Crippen molar-refractivity contribution in [2.75, 3.05) is 7.11 Å². The van der Waals surface area contributed by atoms with Gasteiger partial charge in [-0.05, 0) is 24.5 Å². The molecule has 0 amide bonds. The first-order chi connectivity index (χ1) is 7.60. The van der Waals surface area contributed by atoms with Crippen molar-refractivity contribution >= 4 is 5.97 Å². The van der Waals surface area contributed by atoms with Gasteiger partial charge in [0.15, 0.2) is 0 Å². The quantitative estimate of drug-likeness (QED) is 0.793. The number of aliphatic hydroxyl groups excluding tert-OH is 1. The number of hydrogen-bond donors (Lipinski definition) is 1. The highest BCUT2D eigenvalue weighted by atomic mass is 16.5. The van der Waals surface area contributed by atoms with Gasteiger partial charge in [0.1, 0.15) is 0 Å². The van der Waals surface area contributed by atoms with Crippen molar-refractivity contribution in [3.8, 4) is 0 Å². The van der Waals surface area contributed by atoms with E-state index in [0.29, 0.717) is 0 Å². The van der Waals surface area contributed by atoms with Crippen LogP contribution >= 0.6 is 0 Å². The Bertz CT molecular complexity index is 343. The Kier molecular flexibility index (Phi) is 4.50. The first-order valence-electron chi connectivity index (χ1n) is 5.44. The summed E-state index contributed by atoms with van der Waals surface area (Å²) >= 11 is 0. The smallest absolute Gasteiger partial charge is 0.311 e. The molecule has 0 saturated heterocycles. The van der Waals surface area contributed by atoms with Crippen LogP contribution in [0.5, 0.6) is 0 Å². The monoisotopic (exact) mass is 222 g/mol. The Balaban J connectivity index is 2.79. The second kappa shape index (κ2) is 5.66. The molecule has 0 heterocycles. The van der Waals surface area contributed by atoms with Crippen LogP contribution in [0.3, 0.4) is 0 Å². The van der Waals surface area contributed by atoms with E-state index < -0.39 is 18.0 Å². The fourth-order valence-corrected chi connectivity index (χ4v) is 1.55. The number of aryl methyl sites for hydroxylation is 1. The summed E-state index contributed by atoms with van der Waals surface area (Å²) in [5, 5.41) is 9.95. The van der Waals surface area contributed by atoms with Crippen molar-refractivity contribution < 1.29 is 14.6 Å². The van der Waals surface area contributed by atoms with E-state index in [4.69, 9.17) is 0 Å². The van der Waals surface area contributed by atoms with Gasteiger partial charge in [-0.15, -0.1) is 0 Å². The van der Waals surface area contributed by atoms with Crippen LogP contribution in [-0.4, -0.2) is 18.2 Å². The molecule has 88 valence electrons. The molecule has 1 aromatic carbocycles. The standard InChI is InChI=1S/C13H18O3/c1-4-10-5-7-11(8-6-10)12(14)9(2)13(15)16-3/h5-9,12,14H,4H2,1-3H3. The highest BCUT2D eigenvalue weighted by Crippen LogP contribution is 2.23. The maximum atomic E-state index is 11.3. The lowest BCUT2D eigenvalue weighted by atomic mass is 9.96. The molecule has 0 saturated carbocycles. The molecule has 1 rings (SSSR count). The Labute approximate surface area is 96.1 Å². The average molecular weight is 222 g/mol. The molecule has 0 spiro atoms. The van der Waals surface area contributed by atoms with Crippen molar-refractivity contribution in [1.82, 2.24) is 0 Å². The minimum Gasteiger partial charge on any atom is -0.469 e. The van der Waals surface area contributed by atoms with Gasteiger partial charge in [0.05, 0.1) is 19.1 Å². The second-order valence-corrected chi connectivity index (χ2v) is 3.85. The van der Waals surface area contributed by atoms with Crippen LogP contribution in [0, 0.1) is 5.92 Å². The number of benzene rings is 1. The summed E-state index contributed by atoms with van der Waals surface area (Å²) in [6.45, 7) is 3.73. The molecule has 0 aliphatic carbocycles. The van der Waals surface area contributed by atoms with Crippen LogP contribution < -0.4 is 0 Å². The van der Waals surface area contributed by atoms with Gasteiger partial charge in [-0.25, -0.2) is 0 Å². The number of carbonyl (C=O) groups excluding carboxylic acids is 1. The SMILES string of the molecule is CCc1ccc(C(O)C(C)C(=O)OC)cc1. The zero-order valence-electron chi connectivity index (χ0n) is 9.93. The summed E-state index contributed by atoms with van der Waals surface area (Å²) < 4.78 is 4.60. The lowest BCUT2D eigenvalue weighted by molar-refractivity contribution is -0.148. The minimum atomic E-state index is -0.807. The molecule has 0 aliphatic rings. The van der Waals surface area contributed by atoms with E-state index in [2.05, 4.69) is 11.7 Å². The number of hydrogen-bond acceptors (Lipinski definition) is 3. The van der Waals surface area contributed by atoms with Crippen molar-refractivity contribution in [3.05, 3.63) is 35.4 Å². The molecule has 16 heavy (non-hydrogen) atoms. The second-order valence-electron chi connectivity index (χ2n) is 3.85. The maximum Gasteiger partial charge on any atom is 0.311 e. The Morgan fingerprint density at radius 1 is 1.38 bits per heavy atom. The van der Waals surface area contributed by atoms with Crippen LogP contribution in [0.4, 0.5) is 0 Å². The average Bonchev–Trinajstić information content (AvgIpc) is 2.36. The van der Waals surface area contributed by atoms with Crippen molar-refractivity contribution in [2.45, 2.75) is 26.4 Å². The van der Waals surface area contributed by atoms with E-state index in [-0.39, 0.29) is 0 Å². The molecule has 3 heteroatoms. The number of methoxy groups -OCH3 is 1. The maximum absolute atomic E-state index is 11.3. The molecule has 0 aliphatic heterocycles. The van der Waals surface area contributed by atoms with E-state index in [1.165, 1.54) is 12.7 Å². The minimum absolute atomic E-state index is 0.396. The summed E-state index contributed by atoms with van der Waals surface area (Å²) in [5.41, 5.74) is 1.96. The molecule has 0 radical (unpaired) electrons. The highest BCUT2D eigenvalue weighted by Gasteiger charge is 2.23. The van der Waals surface area contributed by atoms with Crippen molar-refractivity contribution in [2.24, 2.45) is 5.92 Å². The Morgan fingerprint density at radius 3 is 2.38 bits per heavy atom. The first kappa shape index (κ1) is 12.7. The predicted molar refractivity (Wildman–Crippen MR) is 62.0 cm³/mol. The zero-order chi connectivity index (χ0) is 12.1. The van der Waals surface area contributed by atoms with Crippen LogP contribution in [0.1, 0.15) is 31.1 Å². The summed E-state index contributed by atoms with van der Waals surface area (Å²) in [4.78, 5) is 11.3. The van der Waals surface area contributed by atoms with Gasteiger partial charge < -0.3 is 9.84 Å². The van der Waals surface area contributed by atoms with E-state index in [1.54, 1.807) is 6.92 Å². The van der Waals surface area contributed by atoms with E-state index in [9.17, 15) is 9.90 Å². The first-order valence-corrected chi connectivity index (χ1v) is 5.44. The van der Waals surface area contributed by atoms with Gasteiger partial charge in [-0.2, -0.15) is 0 Å². The highest BCUT2D eigenvalue weighted by molar-refractivity contribution is 5.72. The predicted octanol–water partition coefficient (Wildman–Crippen LogP) is 2.09. The molecule has 2 unspecified atom stereocenters. The van der Waals surface area contributed by atoms with Crippen LogP contribution in [-0.2, 0) is 16.0 Å². The molecule has 1 aromatic rings. The number of ether oxygens (including phenoxy) is 1. The molecule has 0 bridgehead atoms. The van der Waals surface area contributed by atoms with Gasteiger partial charge in [0.25, 0.3) is 0 Å². The zero-order valence-corrected chi connectivity index (χ0v) is 9.93. The molecule has 2 atom stereocenters. The van der Waals surface area contributed by atoms with Gasteiger partial charge in [0.2, 0.25) is 0 Å². The molecule has 3 nitrogen and oxygen atoms in total. The molecular weight excluding hydrogens is 204 g/mol. The summed E-state index contributed by atoms with van der Waals surface area (Å²) in [6.07, 6.45) is 0.154. The lowest BCUT2D eigenvalue weighted by Crippen LogP contribution is -2.20. The van der Waals surface area contributed by atoms with Crippen molar-refractivity contribution in [3.63, 3.8) is 0 Å². The summed E-state index contributed by atoms with van der Waals surface area (Å²) in [7, 11) is 1.33. The van der Waals surface area contributed by atoms with E-state index in [1.807, 2.05) is 24.3 Å².